The number of anilines is 2. The van der Waals surface area contributed by atoms with Crippen LogP contribution in [-0.2, 0) is 9.59 Å². The second-order valence-corrected chi connectivity index (χ2v) is 6.91. The Morgan fingerprint density at radius 1 is 1.27 bits per heavy atom. The zero-order valence-electron chi connectivity index (χ0n) is 16.6. The van der Waals surface area contributed by atoms with Crippen LogP contribution in [0.5, 0.6) is 11.5 Å². The molecule has 0 aliphatic carbocycles. The molecule has 1 aliphatic heterocycles. The predicted molar refractivity (Wildman–Crippen MR) is 110 cm³/mol. The summed E-state index contributed by atoms with van der Waals surface area (Å²) < 4.78 is 12.8. The molecule has 3 aromatic rings. The molecule has 1 unspecified atom stereocenters. The van der Waals surface area contributed by atoms with Crippen molar-refractivity contribution in [3.05, 3.63) is 59.9 Å². The van der Waals surface area contributed by atoms with Gasteiger partial charge in [-0.1, -0.05) is 18.2 Å². The van der Waals surface area contributed by atoms with E-state index in [9.17, 15) is 9.59 Å². The number of aromatic nitrogens is 3. The summed E-state index contributed by atoms with van der Waals surface area (Å²) in [5.41, 5.74) is 2.59. The summed E-state index contributed by atoms with van der Waals surface area (Å²) in [4.78, 5) is 28.3. The molecule has 0 bridgehead atoms. The summed E-state index contributed by atoms with van der Waals surface area (Å²) in [5, 5.41) is 9.68. The van der Waals surface area contributed by atoms with E-state index in [0.717, 1.165) is 11.1 Å². The maximum Gasteiger partial charge on any atom is 0.262 e. The van der Waals surface area contributed by atoms with E-state index in [0.29, 0.717) is 23.1 Å². The molecule has 154 valence electrons. The minimum atomic E-state index is -0.302. The van der Waals surface area contributed by atoms with Crippen molar-refractivity contribution in [2.75, 3.05) is 24.4 Å². The standard InChI is InChI=1S/C21H21N5O4/c1-13-4-3-5-15(8-13)24-20(28)11-30-17-7-6-14(9-18(17)29-2)16-10-19(27)25-21-22-12-23-26(16)21/h3-9,12,16H,10-11H2,1-2H3,(H,24,28)(H,22,23,25,27). The third kappa shape index (κ3) is 4.09. The van der Waals surface area contributed by atoms with E-state index in [1.54, 1.807) is 16.8 Å². The SMILES string of the molecule is COc1cc(C2CC(=O)Nc3ncnn32)ccc1OCC(=O)Nc1cccc(C)c1. The third-order valence-corrected chi connectivity index (χ3v) is 4.73. The van der Waals surface area contributed by atoms with Crippen LogP contribution in [0.4, 0.5) is 11.6 Å². The van der Waals surface area contributed by atoms with Crippen molar-refractivity contribution in [1.82, 2.24) is 14.8 Å². The molecule has 1 atom stereocenters. The Morgan fingerprint density at radius 3 is 2.93 bits per heavy atom. The minimum absolute atomic E-state index is 0.132. The van der Waals surface area contributed by atoms with Crippen molar-refractivity contribution >= 4 is 23.5 Å². The highest BCUT2D eigenvalue weighted by atomic mass is 16.5. The zero-order valence-corrected chi connectivity index (χ0v) is 16.6. The maximum absolute atomic E-state index is 12.2. The van der Waals surface area contributed by atoms with Crippen LogP contribution in [0.15, 0.2) is 48.8 Å². The Balaban J connectivity index is 1.47. The van der Waals surface area contributed by atoms with Crippen molar-refractivity contribution < 1.29 is 19.1 Å². The minimum Gasteiger partial charge on any atom is -0.493 e. The largest absolute Gasteiger partial charge is 0.493 e. The molecule has 9 heteroatoms. The van der Waals surface area contributed by atoms with Crippen LogP contribution in [0.1, 0.15) is 23.6 Å². The van der Waals surface area contributed by atoms with Crippen LogP contribution >= 0.6 is 0 Å². The lowest BCUT2D eigenvalue weighted by molar-refractivity contribution is -0.118. The molecule has 0 saturated carbocycles. The van der Waals surface area contributed by atoms with Crippen molar-refractivity contribution in [2.24, 2.45) is 0 Å². The topological polar surface area (TPSA) is 107 Å². The molecule has 0 fully saturated rings. The van der Waals surface area contributed by atoms with Crippen LogP contribution in [-0.4, -0.2) is 40.3 Å². The number of hydrogen-bond acceptors (Lipinski definition) is 6. The van der Waals surface area contributed by atoms with E-state index in [1.165, 1.54) is 13.4 Å². The fraction of sp³-hybridized carbons (Fsp3) is 0.238. The monoisotopic (exact) mass is 407 g/mol. The van der Waals surface area contributed by atoms with E-state index in [-0.39, 0.29) is 30.9 Å². The summed E-state index contributed by atoms with van der Waals surface area (Å²) in [6.07, 6.45) is 1.63. The van der Waals surface area contributed by atoms with Gasteiger partial charge < -0.3 is 14.8 Å². The second-order valence-electron chi connectivity index (χ2n) is 6.91. The van der Waals surface area contributed by atoms with E-state index < -0.39 is 0 Å². The normalized spacial score (nSPS) is 15.1. The van der Waals surface area contributed by atoms with Gasteiger partial charge in [0.2, 0.25) is 11.9 Å². The Bertz CT molecular complexity index is 1090. The average molecular weight is 407 g/mol. The Morgan fingerprint density at radius 2 is 2.13 bits per heavy atom. The summed E-state index contributed by atoms with van der Waals surface area (Å²) in [5.74, 6) is 0.891. The number of nitrogens with zero attached hydrogens (tertiary/aromatic N) is 3. The lowest BCUT2D eigenvalue weighted by atomic mass is 10.0. The molecule has 2 heterocycles. The zero-order chi connectivity index (χ0) is 21.1. The first-order valence-corrected chi connectivity index (χ1v) is 9.40. The quantitative estimate of drug-likeness (QED) is 0.650. The maximum atomic E-state index is 12.2. The smallest absolute Gasteiger partial charge is 0.262 e. The molecule has 4 rings (SSSR count). The summed E-state index contributed by atoms with van der Waals surface area (Å²) >= 11 is 0. The number of ether oxygens (including phenoxy) is 2. The summed E-state index contributed by atoms with van der Waals surface area (Å²) in [6, 6.07) is 12.6. The van der Waals surface area contributed by atoms with E-state index in [4.69, 9.17) is 9.47 Å². The van der Waals surface area contributed by atoms with Gasteiger partial charge in [0.15, 0.2) is 18.1 Å². The van der Waals surface area contributed by atoms with Gasteiger partial charge >= 0.3 is 0 Å². The summed E-state index contributed by atoms with van der Waals surface area (Å²) in [6.45, 7) is 1.79. The highest BCUT2D eigenvalue weighted by molar-refractivity contribution is 5.92. The predicted octanol–water partition coefficient (Wildman–Crippen LogP) is 2.54. The molecular weight excluding hydrogens is 386 g/mol. The molecule has 0 saturated heterocycles. The second kappa shape index (κ2) is 8.24. The highest BCUT2D eigenvalue weighted by Gasteiger charge is 2.28. The third-order valence-electron chi connectivity index (χ3n) is 4.73. The van der Waals surface area contributed by atoms with Crippen LogP contribution in [0, 0.1) is 6.92 Å². The number of nitrogens with one attached hydrogen (secondary N) is 2. The number of hydrogen-bond donors (Lipinski definition) is 2. The average Bonchev–Trinajstić information content (AvgIpc) is 3.20. The molecule has 30 heavy (non-hydrogen) atoms. The molecular formula is C21H21N5O4. The van der Waals surface area contributed by atoms with Gasteiger partial charge in [-0.15, -0.1) is 0 Å². The van der Waals surface area contributed by atoms with Crippen molar-refractivity contribution in [1.29, 1.82) is 0 Å². The number of carbonyl (C=O) groups excluding carboxylic acids is 2. The van der Waals surface area contributed by atoms with Gasteiger partial charge in [0.05, 0.1) is 19.6 Å². The molecule has 0 radical (unpaired) electrons. The Kier molecular flexibility index (Phi) is 5.34. The number of amides is 2. The van der Waals surface area contributed by atoms with E-state index in [2.05, 4.69) is 20.7 Å². The van der Waals surface area contributed by atoms with Crippen molar-refractivity contribution in [3.8, 4) is 11.5 Å². The molecule has 2 N–H and O–H groups in total. The number of methoxy groups -OCH3 is 1. The number of carbonyl (C=O) groups is 2. The summed E-state index contributed by atoms with van der Waals surface area (Å²) in [7, 11) is 1.52. The van der Waals surface area contributed by atoms with E-state index >= 15 is 0 Å². The number of benzene rings is 2. The van der Waals surface area contributed by atoms with Gasteiger partial charge in [-0.2, -0.15) is 10.1 Å². The number of fused-ring (bicyclic) bond motifs is 1. The highest BCUT2D eigenvalue weighted by Crippen LogP contribution is 2.34. The lowest BCUT2D eigenvalue weighted by Crippen LogP contribution is -2.29. The Hall–Kier alpha value is -3.88. The molecule has 1 aromatic heterocycles. The van der Waals surface area contributed by atoms with Crippen LogP contribution in [0.3, 0.4) is 0 Å². The van der Waals surface area contributed by atoms with Gasteiger partial charge in [-0.25, -0.2) is 4.68 Å². The van der Waals surface area contributed by atoms with Crippen LogP contribution in [0.25, 0.3) is 0 Å². The van der Waals surface area contributed by atoms with Gasteiger partial charge in [0, 0.05) is 5.69 Å². The molecule has 1 aliphatic rings. The van der Waals surface area contributed by atoms with Crippen molar-refractivity contribution in [2.45, 2.75) is 19.4 Å². The van der Waals surface area contributed by atoms with Crippen LogP contribution in [0.2, 0.25) is 0 Å². The van der Waals surface area contributed by atoms with Gasteiger partial charge in [0.25, 0.3) is 5.91 Å². The first-order valence-electron chi connectivity index (χ1n) is 9.40. The van der Waals surface area contributed by atoms with Crippen LogP contribution < -0.4 is 20.1 Å². The van der Waals surface area contributed by atoms with Gasteiger partial charge in [-0.3, -0.25) is 14.9 Å². The molecule has 2 amide bonds. The van der Waals surface area contributed by atoms with Gasteiger partial charge in [0.1, 0.15) is 6.33 Å². The first-order chi connectivity index (χ1) is 14.5. The van der Waals surface area contributed by atoms with Gasteiger partial charge in [-0.05, 0) is 42.3 Å². The van der Waals surface area contributed by atoms with Crippen molar-refractivity contribution in [3.63, 3.8) is 0 Å². The lowest BCUT2D eigenvalue weighted by Gasteiger charge is -2.24. The molecule has 9 nitrogen and oxygen atoms in total. The van der Waals surface area contributed by atoms with E-state index in [1.807, 2.05) is 37.3 Å². The number of rotatable bonds is 6. The number of aryl methyl sites for hydroxylation is 1. The fourth-order valence-electron chi connectivity index (χ4n) is 3.34. The molecule has 2 aromatic carbocycles. The fourth-order valence-corrected chi connectivity index (χ4v) is 3.34. The first kappa shape index (κ1) is 19.4. The molecule has 0 spiro atoms. The Labute approximate surface area is 173 Å².